The second kappa shape index (κ2) is 5.68. The van der Waals surface area contributed by atoms with Gasteiger partial charge in [0.15, 0.2) is 0 Å². The highest BCUT2D eigenvalue weighted by molar-refractivity contribution is 5.85. The summed E-state index contributed by atoms with van der Waals surface area (Å²) in [5, 5.41) is 11.4. The van der Waals surface area contributed by atoms with Gasteiger partial charge in [-0.25, -0.2) is 4.79 Å². The van der Waals surface area contributed by atoms with Crippen LogP contribution >= 0.6 is 0 Å². The van der Waals surface area contributed by atoms with Crippen molar-refractivity contribution in [2.45, 2.75) is 6.92 Å². The molecule has 0 amide bonds. The Kier molecular flexibility index (Phi) is 5.11. The smallest absolute Gasteiger partial charge is 0.330 e. The zero-order chi connectivity index (χ0) is 8.69. The van der Waals surface area contributed by atoms with E-state index in [9.17, 15) is 4.79 Å². The van der Waals surface area contributed by atoms with Crippen LogP contribution in [0, 0.1) is 0 Å². The zero-order valence-electron chi connectivity index (χ0n) is 6.63. The Hall–Kier alpha value is -1.09. The highest BCUT2D eigenvalue weighted by Crippen LogP contribution is 1.89. The topological polar surface area (TPSA) is 49.3 Å². The predicted octanol–water partition coefficient (Wildman–Crippen LogP) is 0.793. The maximum atomic E-state index is 10.2. The lowest BCUT2D eigenvalue weighted by molar-refractivity contribution is -0.132. The molecule has 2 N–H and O–H groups in total. The van der Waals surface area contributed by atoms with E-state index in [0.717, 1.165) is 0 Å². The maximum Gasteiger partial charge on any atom is 0.330 e. The highest BCUT2D eigenvalue weighted by Gasteiger charge is 1.96. The first kappa shape index (κ1) is 9.91. The summed E-state index contributed by atoms with van der Waals surface area (Å²) >= 11 is 0. The summed E-state index contributed by atoms with van der Waals surface area (Å²) in [6.45, 7) is 6.35. The quantitative estimate of drug-likeness (QED) is 0.350. The fraction of sp³-hybridized carbons (Fsp3) is 0.375. The standard InChI is InChI=1S/C8H13NO2/c1-3-5-9-6-4-7(2)8(10)11/h3-4,9H,1,5-6H2,2H3,(H,10,11)/b7-4-. The predicted molar refractivity (Wildman–Crippen MR) is 44.5 cm³/mol. The molecule has 0 aromatic heterocycles. The zero-order valence-corrected chi connectivity index (χ0v) is 6.63. The van der Waals surface area contributed by atoms with Gasteiger partial charge < -0.3 is 10.4 Å². The molecule has 0 saturated heterocycles. The molecule has 0 atom stereocenters. The SMILES string of the molecule is C=CCNC/C=C(/C)C(=O)O. The molecule has 0 radical (unpaired) electrons. The fourth-order valence-electron chi connectivity index (χ4n) is 0.498. The lowest BCUT2D eigenvalue weighted by Gasteiger charge is -1.95. The largest absolute Gasteiger partial charge is 0.478 e. The molecule has 0 spiro atoms. The maximum absolute atomic E-state index is 10.2. The van der Waals surface area contributed by atoms with Crippen LogP contribution < -0.4 is 5.32 Å². The Morgan fingerprint density at radius 2 is 2.27 bits per heavy atom. The summed E-state index contributed by atoms with van der Waals surface area (Å²) in [5.74, 6) is -0.870. The second-order valence-electron chi connectivity index (χ2n) is 2.14. The Bertz CT molecular complexity index is 173. The first-order valence-electron chi connectivity index (χ1n) is 3.40. The molecule has 0 heterocycles. The lowest BCUT2D eigenvalue weighted by Crippen LogP contribution is -2.13. The summed E-state index contributed by atoms with van der Waals surface area (Å²) in [5.41, 5.74) is 0.363. The Labute approximate surface area is 66.4 Å². The first-order valence-corrected chi connectivity index (χ1v) is 3.40. The average molecular weight is 155 g/mol. The minimum atomic E-state index is -0.870. The van der Waals surface area contributed by atoms with Gasteiger partial charge in [0.25, 0.3) is 0 Å². The minimum Gasteiger partial charge on any atom is -0.478 e. The molecule has 0 aromatic carbocycles. The molecule has 11 heavy (non-hydrogen) atoms. The Morgan fingerprint density at radius 3 is 2.73 bits per heavy atom. The van der Waals surface area contributed by atoms with Gasteiger partial charge in [0, 0.05) is 18.7 Å². The van der Waals surface area contributed by atoms with Crippen molar-refractivity contribution in [1.29, 1.82) is 0 Å². The van der Waals surface area contributed by atoms with E-state index in [2.05, 4.69) is 11.9 Å². The van der Waals surface area contributed by atoms with Gasteiger partial charge in [0.2, 0.25) is 0 Å². The van der Waals surface area contributed by atoms with Crippen LogP contribution in [-0.4, -0.2) is 24.2 Å². The molecule has 62 valence electrons. The molecule has 3 nitrogen and oxygen atoms in total. The molecule has 0 aromatic rings. The van der Waals surface area contributed by atoms with Gasteiger partial charge in [0.05, 0.1) is 0 Å². The molecular formula is C8H13NO2. The molecule has 0 aliphatic rings. The molecule has 0 rings (SSSR count). The number of carboxylic acid groups (broad SMARTS) is 1. The molecular weight excluding hydrogens is 142 g/mol. The number of hydrogen-bond acceptors (Lipinski definition) is 2. The van der Waals surface area contributed by atoms with E-state index >= 15 is 0 Å². The minimum absolute atomic E-state index is 0.363. The molecule has 0 bridgehead atoms. The monoisotopic (exact) mass is 155 g/mol. The number of hydrogen-bond donors (Lipinski definition) is 2. The Balaban J connectivity index is 3.56. The molecule has 0 aliphatic carbocycles. The van der Waals surface area contributed by atoms with E-state index in [1.807, 2.05) is 0 Å². The van der Waals surface area contributed by atoms with E-state index in [1.54, 1.807) is 19.1 Å². The number of nitrogens with one attached hydrogen (secondary N) is 1. The van der Waals surface area contributed by atoms with Crippen LogP contribution in [-0.2, 0) is 4.79 Å². The van der Waals surface area contributed by atoms with Gasteiger partial charge in [-0.3, -0.25) is 0 Å². The third kappa shape index (κ3) is 5.36. The second-order valence-corrected chi connectivity index (χ2v) is 2.14. The normalized spacial score (nSPS) is 11.2. The van der Waals surface area contributed by atoms with Gasteiger partial charge in [0.1, 0.15) is 0 Å². The third-order valence-electron chi connectivity index (χ3n) is 1.18. The third-order valence-corrected chi connectivity index (χ3v) is 1.18. The number of rotatable bonds is 5. The Morgan fingerprint density at radius 1 is 1.64 bits per heavy atom. The van der Waals surface area contributed by atoms with E-state index in [1.165, 1.54) is 0 Å². The van der Waals surface area contributed by atoms with Crippen LogP contribution in [0.25, 0.3) is 0 Å². The van der Waals surface area contributed by atoms with Crippen molar-refractivity contribution < 1.29 is 9.90 Å². The molecule has 0 fully saturated rings. The summed E-state index contributed by atoms with van der Waals surface area (Å²) in [4.78, 5) is 10.2. The van der Waals surface area contributed by atoms with Crippen molar-refractivity contribution in [3.05, 3.63) is 24.3 Å². The summed E-state index contributed by atoms with van der Waals surface area (Å²) < 4.78 is 0. The van der Waals surface area contributed by atoms with E-state index in [-0.39, 0.29) is 0 Å². The van der Waals surface area contributed by atoms with Gasteiger partial charge in [-0.2, -0.15) is 0 Å². The van der Waals surface area contributed by atoms with Crippen molar-refractivity contribution in [2.75, 3.05) is 13.1 Å². The van der Waals surface area contributed by atoms with Gasteiger partial charge in [-0.1, -0.05) is 12.2 Å². The van der Waals surface area contributed by atoms with Crippen LogP contribution in [0.4, 0.5) is 0 Å². The van der Waals surface area contributed by atoms with Gasteiger partial charge in [-0.05, 0) is 6.92 Å². The summed E-state index contributed by atoms with van der Waals surface area (Å²) in [7, 11) is 0. The van der Waals surface area contributed by atoms with E-state index < -0.39 is 5.97 Å². The first-order chi connectivity index (χ1) is 5.18. The van der Waals surface area contributed by atoms with Gasteiger partial charge in [-0.15, -0.1) is 6.58 Å². The number of carboxylic acids is 1. The van der Waals surface area contributed by atoms with Crippen molar-refractivity contribution in [1.82, 2.24) is 5.32 Å². The number of aliphatic carboxylic acids is 1. The number of carbonyl (C=O) groups is 1. The van der Waals surface area contributed by atoms with Crippen LogP contribution in [0.3, 0.4) is 0 Å². The molecule has 0 unspecified atom stereocenters. The fourth-order valence-corrected chi connectivity index (χ4v) is 0.498. The van der Waals surface area contributed by atoms with Crippen LogP contribution in [0.5, 0.6) is 0 Å². The van der Waals surface area contributed by atoms with E-state index in [4.69, 9.17) is 5.11 Å². The van der Waals surface area contributed by atoms with Crippen molar-refractivity contribution in [3.8, 4) is 0 Å². The van der Waals surface area contributed by atoms with E-state index in [0.29, 0.717) is 18.7 Å². The highest BCUT2D eigenvalue weighted by atomic mass is 16.4. The van der Waals surface area contributed by atoms with Crippen molar-refractivity contribution >= 4 is 5.97 Å². The van der Waals surface area contributed by atoms with Crippen molar-refractivity contribution in [2.24, 2.45) is 0 Å². The summed E-state index contributed by atoms with van der Waals surface area (Å²) in [6, 6.07) is 0. The molecule has 3 heteroatoms. The lowest BCUT2D eigenvalue weighted by atomic mass is 10.3. The molecule has 0 saturated carbocycles. The van der Waals surface area contributed by atoms with Crippen molar-refractivity contribution in [3.63, 3.8) is 0 Å². The molecule has 0 aliphatic heterocycles. The van der Waals surface area contributed by atoms with Crippen LogP contribution in [0.15, 0.2) is 24.3 Å². The van der Waals surface area contributed by atoms with Crippen LogP contribution in [0.2, 0.25) is 0 Å². The average Bonchev–Trinajstić information content (AvgIpc) is 1.97. The summed E-state index contributed by atoms with van der Waals surface area (Å²) in [6.07, 6.45) is 3.36. The van der Waals surface area contributed by atoms with Gasteiger partial charge >= 0.3 is 5.97 Å². The van der Waals surface area contributed by atoms with Crippen LogP contribution in [0.1, 0.15) is 6.92 Å².